The van der Waals surface area contributed by atoms with E-state index in [1.807, 2.05) is 12.1 Å². The van der Waals surface area contributed by atoms with Crippen molar-refractivity contribution in [3.05, 3.63) is 48.0 Å². The molecule has 12 heteroatoms. The number of aliphatic carboxylic acids is 1. The van der Waals surface area contributed by atoms with Crippen LogP contribution in [-0.2, 0) is 16.1 Å². The van der Waals surface area contributed by atoms with Crippen molar-refractivity contribution in [3.63, 3.8) is 0 Å². The van der Waals surface area contributed by atoms with E-state index in [2.05, 4.69) is 24.1 Å². The van der Waals surface area contributed by atoms with E-state index in [9.17, 15) is 17.6 Å². The third kappa shape index (κ3) is 8.32. The standard InChI is InChI=1S/C23H28FN5O.C2HF3O2/c1-16(2)9-10-25-15-21-26-20-8-7-19(17-3-5-18(24)6-4-17)27-22(20)23(28-21)29-11-13-30-14-12-29;3-2(4,5)1(6)7/h3-8,16,25H,9-15H2,1-2H3;(H,6,7). The lowest BCUT2D eigenvalue weighted by molar-refractivity contribution is -0.192. The Morgan fingerprint density at radius 2 is 1.73 bits per heavy atom. The van der Waals surface area contributed by atoms with E-state index in [-0.39, 0.29) is 5.82 Å². The van der Waals surface area contributed by atoms with Crippen LogP contribution in [-0.4, -0.2) is 65.1 Å². The van der Waals surface area contributed by atoms with Gasteiger partial charge < -0.3 is 20.1 Å². The van der Waals surface area contributed by atoms with Crippen LogP contribution in [0.3, 0.4) is 0 Å². The smallest absolute Gasteiger partial charge is 0.475 e. The zero-order chi connectivity index (χ0) is 27.0. The maximum atomic E-state index is 13.3. The lowest BCUT2D eigenvalue weighted by Gasteiger charge is -2.28. The van der Waals surface area contributed by atoms with Gasteiger partial charge in [0.1, 0.15) is 17.2 Å². The monoisotopic (exact) mass is 523 g/mol. The number of nitrogens with one attached hydrogen (secondary N) is 1. The van der Waals surface area contributed by atoms with Crippen LogP contribution in [0.4, 0.5) is 23.4 Å². The van der Waals surface area contributed by atoms with Gasteiger partial charge in [-0.1, -0.05) is 13.8 Å². The van der Waals surface area contributed by atoms with Crippen molar-refractivity contribution in [2.45, 2.75) is 33.0 Å². The minimum atomic E-state index is -5.08. The molecule has 0 atom stereocenters. The first-order valence-corrected chi connectivity index (χ1v) is 11.8. The Hall–Kier alpha value is -3.38. The predicted molar refractivity (Wildman–Crippen MR) is 131 cm³/mol. The van der Waals surface area contributed by atoms with E-state index < -0.39 is 12.1 Å². The van der Waals surface area contributed by atoms with Gasteiger partial charge in [0.25, 0.3) is 0 Å². The van der Waals surface area contributed by atoms with E-state index >= 15 is 0 Å². The second-order valence-electron chi connectivity index (χ2n) is 8.80. The van der Waals surface area contributed by atoms with Gasteiger partial charge in [0, 0.05) is 18.7 Å². The molecule has 4 rings (SSSR count). The van der Waals surface area contributed by atoms with Crippen LogP contribution in [0.5, 0.6) is 0 Å². The van der Waals surface area contributed by atoms with Crippen molar-refractivity contribution < 1.29 is 32.2 Å². The Kier molecular flexibility index (Phi) is 9.70. The number of ether oxygens (including phenoxy) is 1. The minimum Gasteiger partial charge on any atom is -0.475 e. The van der Waals surface area contributed by atoms with Gasteiger partial charge in [-0.3, -0.25) is 0 Å². The van der Waals surface area contributed by atoms with Crippen molar-refractivity contribution in [2.24, 2.45) is 5.92 Å². The van der Waals surface area contributed by atoms with Crippen LogP contribution in [0.25, 0.3) is 22.3 Å². The molecule has 0 amide bonds. The molecule has 0 spiro atoms. The molecular weight excluding hydrogens is 494 g/mol. The summed E-state index contributed by atoms with van der Waals surface area (Å²) in [5.41, 5.74) is 3.23. The SMILES string of the molecule is CC(C)CCNCc1nc(N2CCOCC2)c2nc(-c3ccc(F)cc3)ccc2n1.O=C(O)C(F)(F)F. The van der Waals surface area contributed by atoms with Crippen LogP contribution in [0.2, 0.25) is 0 Å². The molecule has 1 aromatic carbocycles. The fourth-order valence-corrected chi connectivity index (χ4v) is 3.49. The second-order valence-corrected chi connectivity index (χ2v) is 8.80. The molecule has 8 nitrogen and oxygen atoms in total. The number of hydrogen-bond donors (Lipinski definition) is 2. The third-order valence-corrected chi connectivity index (χ3v) is 5.44. The Morgan fingerprint density at radius 1 is 1.08 bits per heavy atom. The van der Waals surface area contributed by atoms with Crippen LogP contribution in [0.15, 0.2) is 36.4 Å². The first-order valence-electron chi connectivity index (χ1n) is 11.8. The lowest BCUT2D eigenvalue weighted by atomic mass is 10.1. The van der Waals surface area contributed by atoms with Crippen LogP contribution < -0.4 is 10.2 Å². The lowest BCUT2D eigenvalue weighted by Crippen LogP contribution is -2.37. The molecule has 0 radical (unpaired) electrons. The highest BCUT2D eigenvalue weighted by Crippen LogP contribution is 2.27. The number of halogens is 4. The van der Waals surface area contributed by atoms with E-state index in [0.717, 1.165) is 60.0 Å². The van der Waals surface area contributed by atoms with Gasteiger partial charge in [0.05, 0.1) is 31.0 Å². The van der Waals surface area contributed by atoms with Gasteiger partial charge in [-0.05, 0) is 55.3 Å². The Balaban J connectivity index is 0.000000479. The molecule has 3 heterocycles. The highest BCUT2D eigenvalue weighted by atomic mass is 19.4. The zero-order valence-corrected chi connectivity index (χ0v) is 20.6. The number of benzene rings is 1. The van der Waals surface area contributed by atoms with E-state index in [1.54, 1.807) is 12.1 Å². The average molecular weight is 524 g/mol. The second kappa shape index (κ2) is 12.7. The van der Waals surface area contributed by atoms with Crippen molar-refractivity contribution in [1.29, 1.82) is 0 Å². The topological polar surface area (TPSA) is 100 Å². The molecule has 0 unspecified atom stereocenters. The molecule has 2 aromatic heterocycles. The summed E-state index contributed by atoms with van der Waals surface area (Å²) in [7, 11) is 0. The molecule has 2 N–H and O–H groups in total. The number of carbonyl (C=O) groups is 1. The number of morpholine rings is 1. The molecule has 37 heavy (non-hydrogen) atoms. The molecule has 1 aliphatic heterocycles. The Bertz CT molecular complexity index is 1180. The molecule has 3 aromatic rings. The average Bonchev–Trinajstić information content (AvgIpc) is 2.86. The molecule has 0 aliphatic carbocycles. The normalized spacial score (nSPS) is 14.0. The van der Waals surface area contributed by atoms with E-state index in [0.29, 0.717) is 25.7 Å². The van der Waals surface area contributed by atoms with E-state index in [4.69, 9.17) is 29.6 Å². The van der Waals surface area contributed by atoms with Crippen molar-refractivity contribution >= 4 is 22.8 Å². The fourth-order valence-electron chi connectivity index (χ4n) is 3.49. The van der Waals surface area contributed by atoms with Gasteiger partial charge in [0.15, 0.2) is 5.82 Å². The van der Waals surface area contributed by atoms with Gasteiger partial charge in [-0.2, -0.15) is 13.2 Å². The molecule has 200 valence electrons. The van der Waals surface area contributed by atoms with Crippen LogP contribution in [0, 0.1) is 11.7 Å². The number of aromatic nitrogens is 3. The highest BCUT2D eigenvalue weighted by molar-refractivity contribution is 5.87. The summed E-state index contributed by atoms with van der Waals surface area (Å²) in [5, 5.41) is 10.6. The van der Waals surface area contributed by atoms with Gasteiger partial charge >= 0.3 is 12.1 Å². The molecule has 0 saturated carbocycles. The summed E-state index contributed by atoms with van der Waals surface area (Å²) < 4.78 is 50.6. The zero-order valence-electron chi connectivity index (χ0n) is 20.6. The van der Waals surface area contributed by atoms with Crippen molar-refractivity contribution in [3.8, 4) is 11.3 Å². The van der Waals surface area contributed by atoms with Crippen molar-refractivity contribution in [1.82, 2.24) is 20.3 Å². The first kappa shape index (κ1) is 28.2. The number of pyridine rings is 1. The summed E-state index contributed by atoms with van der Waals surface area (Å²) in [6.45, 7) is 8.89. The third-order valence-electron chi connectivity index (χ3n) is 5.44. The molecule has 1 saturated heterocycles. The van der Waals surface area contributed by atoms with Crippen LogP contribution in [0.1, 0.15) is 26.1 Å². The number of carboxylic acid groups (broad SMARTS) is 1. The van der Waals surface area contributed by atoms with Crippen LogP contribution >= 0.6 is 0 Å². The minimum absolute atomic E-state index is 0.258. The molecule has 1 fully saturated rings. The summed E-state index contributed by atoms with van der Waals surface area (Å²) >= 11 is 0. The maximum Gasteiger partial charge on any atom is 0.490 e. The molecule has 1 aliphatic rings. The summed E-state index contributed by atoms with van der Waals surface area (Å²) in [4.78, 5) is 25.6. The fraction of sp³-hybridized carbons (Fsp3) is 0.440. The summed E-state index contributed by atoms with van der Waals surface area (Å²) in [5.74, 6) is -0.746. The summed E-state index contributed by atoms with van der Waals surface area (Å²) in [6.07, 6.45) is -3.97. The highest BCUT2D eigenvalue weighted by Gasteiger charge is 2.38. The number of fused-ring (bicyclic) bond motifs is 1. The maximum absolute atomic E-state index is 13.3. The predicted octanol–water partition coefficient (Wildman–Crippen LogP) is 4.44. The quantitative estimate of drug-likeness (QED) is 0.347. The number of carboxylic acids is 1. The number of anilines is 1. The number of hydrogen-bond acceptors (Lipinski definition) is 7. The molecular formula is C25H29F4N5O3. The molecule has 0 bridgehead atoms. The number of alkyl halides is 3. The number of nitrogens with zero attached hydrogens (tertiary/aromatic N) is 4. The Morgan fingerprint density at radius 3 is 2.32 bits per heavy atom. The van der Waals surface area contributed by atoms with Gasteiger partial charge in [0.2, 0.25) is 0 Å². The van der Waals surface area contributed by atoms with Gasteiger partial charge in [-0.25, -0.2) is 24.1 Å². The van der Waals surface area contributed by atoms with E-state index in [1.165, 1.54) is 12.1 Å². The van der Waals surface area contributed by atoms with Crippen molar-refractivity contribution in [2.75, 3.05) is 37.7 Å². The Labute approximate surface area is 211 Å². The van der Waals surface area contributed by atoms with Gasteiger partial charge in [-0.15, -0.1) is 0 Å². The summed E-state index contributed by atoms with van der Waals surface area (Å²) in [6, 6.07) is 10.3. The largest absolute Gasteiger partial charge is 0.490 e. The first-order chi connectivity index (χ1) is 17.5. The number of rotatable bonds is 7.